The highest BCUT2D eigenvalue weighted by Gasteiger charge is 2.33. The molecule has 0 saturated heterocycles. The van der Waals surface area contributed by atoms with E-state index in [1.54, 1.807) is 24.3 Å². The molecule has 0 fully saturated rings. The van der Waals surface area contributed by atoms with Crippen LogP contribution in [0.2, 0.25) is 0 Å². The van der Waals surface area contributed by atoms with Crippen molar-refractivity contribution < 1.29 is 9.53 Å². The molecule has 0 bridgehead atoms. The molecule has 1 atom stereocenters. The first kappa shape index (κ1) is 20.3. The van der Waals surface area contributed by atoms with Crippen molar-refractivity contribution in [1.82, 2.24) is 15.5 Å². The normalized spacial score (nSPS) is 13.0. The third-order valence-electron chi connectivity index (χ3n) is 2.94. The number of likely N-dealkylation sites (N-methyl/N-ethyl adjacent to an activating group) is 1. The first-order chi connectivity index (χ1) is 10.7. The van der Waals surface area contributed by atoms with Crippen molar-refractivity contribution in [2.75, 3.05) is 33.8 Å². The predicted octanol–water partition coefficient (Wildman–Crippen LogP) is 2.66. The second-order valence-electron chi connectivity index (χ2n) is 5.16. The molecule has 5 nitrogen and oxygen atoms in total. The minimum absolute atomic E-state index is 0.332. The van der Waals surface area contributed by atoms with Gasteiger partial charge in [-0.2, -0.15) is 0 Å². The summed E-state index contributed by atoms with van der Waals surface area (Å²) in [6.45, 7) is 3.77. The number of nitrogens with one attached hydrogen (secondary N) is 2. The van der Waals surface area contributed by atoms with Gasteiger partial charge in [-0.05, 0) is 45.3 Å². The number of alkyl halides is 3. The number of hydrogen-bond donors (Lipinski definition) is 2. The molecule has 1 amide bonds. The van der Waals surface area contributed by atoms with Gasteiger partial charge >= 0.3 is 0 Å². The highest BCUT2D eigenvalue weighted by molar-refractivity contribution is 6.68. The van der Waals surface area contributed by atoms with Gasteiger partial charge in [0.2, 0.25) is 3.79 Å². The van der Waals surface area contributed by atoms with Crippen LogP contribution < -0.4 is 15.4 Å². The quantitative estimate of drug-likeness (QED) is 0.536. The van der Waals surface area contributed by atoms with Crippen molar-refractivity contribution in [2.24, 2.45) is 0 Å². The summed E-state index contributed by atoms with van der Waals surface area (Å²) in [5.74, 6) is 0.368. The first-order valence-electron chi connectivity index (χ1n) is 7.22. The summed E-state index contributed by atoms with van der Waals surface area (Å²) in [6.07, 6.45) is -0.800. The Bertz CT molecular complexity index is 490. The number of benzene rings is 1. The van der Waals surface area contributed by atoms with Crippen LogP contribution in [0, 0.1) is 0 Å². The molecule has 23 heavy (non-hydrogen) atoms. The SMILES string of the molecule is CCOc1ccc(C(=O)N[C@@H](NCCN(C)C)C(Cl)(Cl)Cl)cc1. The van der Waals surface area contributed by atoms with Crippen molar-refractivity contribution in [3.05, 3.63) is 29.8 Å². The predicted molar refractivity (Wildman–Crippen MR) is 95.7 cm³/mol. The fourth-order valence-corrected chi connectivity index (χ4v) is 2.16. The lowest BCUT2D eigenvalue weighted by Crippen LogP contribution is -2.54. The molecular weight excluding hydrogens is 361 g/mol. The Labute approximate surface area is 152 Å². The van der Waals surface area contributed by atoms with Crippen LogP contribution in [0.15, 0.2) is 24.3 Å². The van der Waals surface area contributed by atoms with Gasteiger partial charge in [0.15, 0.2) is 0 Å². The van der Waals surface area contributed by atoms with E-state index in [-0.39, 0.29) is 5.91 Å². The third-order valence-corrected chi connectivity index (χ3v) is 3.59. The van der Waals surface area contributed by atoms with Gasteiger partial charge in [0, 0.05) is 18.7 Å². The molecule has 130 valence electrons. The minimum Gasteiger partial charge on any atom is -0.494 e. The summed E-state index contributed by atoms with van der Waals surface area (Å²) in [7, 11) is 3.87. The molecular formula is C15H22Cl3N3O2. The maximum absolute atomic E-state index is 12.3. The average molecular weight is 383 g/mol. The zero-order valence-corrected chi connectivity index (χ0v) is 15.7. The molecule has 0 aliphatic heterocycles. The van der Waals surface area contributed by atoms with Crippen LogP contribution in [-0.4, -0.2) is 54.6 Å². The van der Waals surface area contributed by atoms with Gasteiger partial charge in [-0.1, -0.05) is 34.8 Å². The molecule has 0 spiro atoms. The lowest BCUT2D eigenvalue weighted by atomic mass is 10.2. The summed E-state index contributed by atoms with van der Waals surface area (Å²) >= 11 is 17.8. The summed E-state index contributed by atoms with van der Waals surface area (Å²) < 4.78 is 3.68. The molecule has 1 aromatic carbocycles. The van der Waals surface area contributed by atoms with Crippen LogP contribution >= 0.6 is 34.8 Å². The minimum atomic E-state index is -1.66. The van der Waals surface area contributed by atoms with Gasteiger partial charge in [-0.25, -0.2) is 0 Å². The molecule has 0 unspecified atom stereocenters. The van der Waals surface area contributed by atoms with Crippen molar-refractivity contribution in [3.8, 4) is 5.75 Å². The third kappa shape index (κ3) is 7.59. The number of amides is 1. The maximum Gasteiger partial charge on any atom is 0.252 e. The molecule has 8 heteroatoms. The Balaban J connectivity index is 2.68. The summed E-state index contributed by atoms with van der Waals surface area (Å²) in [5.41, 5.74) is 0.460. The zero-order valence-electron chi connectivity index (χ0n) is 13.4. The fraction of sp³-hybridized carbons (Fsp3) is 0.533. The van der Waals surface area contributed by atoms with Crippen molar-refractivity contribution >= 4 is 40.7 Å². The number of nitrogens with zero attached hydrogens (tertiary/aromatic N) is 1. The number of carbonyl (C=O) groups excluding carboxylic acids is 1. The fourth-order valence-electron chi connectivity index (χ4n) is 1.76. The molecule has 0 heterocycles. The Kier molecular flexibility index (Phi) is 8.44. The van der Waals surface area contributed by atoms with Crippen molar-refractivity contribution in [2.45, 2.75) is 16.9 Å². The number of halogens is 3. The highest BCUT2D eigenvalue weighted by Crippen LogP contribution is 2.29. The Morgan fingerprint density at radius 3 is 2.35 bits per heavy atom. The summed E-state index contributed by atoms with van der Waals surface area (Å²) in [5, 5.41) is 5.72. The molecule has 1 aromatic rings. The van der Waals surface area contributed by atoms with E-state index in [4.69, 9.17) is 39.5 Å². The molecule has 0 aliphatic rings. The maximum atomic E-state index is 12.3. The van der Waals surface area contributed by atoms with E-state index in [0.717, 1.165) is 6.54 Å². The van der Waals surface area contributed by atoms with E-state index in [1.165, 1.54) is 0 Å². The topological polar surface area (TPSA) is 53.6 Å². The van der Waals surface area contributed by atoms with Crippen LogP contribution in [0.1, 0.15) is 17.3 Å². The van der Waals surface area contributed by atoms with E-state index in [9.17, 15) is 4.79 Å². The second kappa shape index (κ2) is 9.55. The van der Waals surface area contributed by atoms with Gasteiger partial charge in [-0.3, -0.25) is 10.1 Å². The van der Waals surface area contributed by atoms with Crippen molar-refractivity contribution in [1.29, 1.82) is 0 Å². The molecule has 0 aliphatic carbocycles. The molecule has 0 aromatic heterocycles. The highest BCUT2D eigenvalue weighted by atomic mass is 35.6. The van der Waals surface area contributed by atoms with Crippen LogP contribution in [-0.2, 0) is 0 Å². The average Bonchev–Trinajstić information content (AvgIpc) is 2.45. The van der Waals surface area contributed by atoms with Crippen LogP contribution in [0.5, 0.6) is 5.75 Å². The number of carbonyl (C=O) groups is 1. The summed E-state index contributed by atoms with van der Waals surface area (Å²) in [4.78, 5) is 14.3. The second-order valence-corrected chi connectivity index (χ2v) is 7.53. The van der Waals surface area contributed by atoms with Gasteiger partial charge < -0.3 is 15.0 Å². The van der Waals surface area contributed by atoms with Gasteiger partial charge in [0.25, 0.3) is 5.91 Å². The smallest absolute Gasteiger partial charge is 0.252 e. The van der Waals surface area contributed by atoms with Crippen LogP contribution in [0.4, 0.5) is 0 Å². The van der Waals surface area contributed by atoms with Gasteiger partial charge in [0.05, 0.1) is 6.61 Å². The molecule has 0 saturated carbocycles. The number of ether oxygens (including phenoxy) is 1. The lowest BCUT2D eigenvalue weighted by Gasteiger charge is -2.27. The number of hydrogen-bond acceptors (Lipinski definition) is 4. The van der Waals surface area contributed by atoms with E-state index in [0.29, 0.717) is 24.5 Å². The van der Waals surface area contributed by atoms with Crippen LogP contribution in [0.25, 0.3) is 0 Å². The van der Waals surface area contributed by atoms with E-state index < -0.39 is 9.96 Å². The Hall–Kier alpha value is -0.720. The van der Waals surface area contributed by atoms with Crippen LogP contribution in [0.3, 0.4) is 0 Å². The lowest BCUT2D eigenvalue weighted by molar-refractivity contribution is 0.0929. The van der Waals surface area contributed by atoms with E-state index in [2.05, 4.69) is 10.6 Å². The monoisotopic (exact) mass is 381 g/mol. The van der Waals surface area contributed by atoms with E-state index in [1.807, 2.05) is 25.9 Å². The van der Waals surface area contributed by atoms with Crippen molar-refractivity contribution in [3.63, 3.8) is 0 Å². The largest absolute Gasteiger partial charge is 0.494 e. The molecule has 1 rings (SSSR count). The summed E-state index contributed by atoms with van der Waals surface area (Å²) in [6, 6.07) is 6.77. The molecule has 0 radical (unpaired) electrons. The first-order valence-corrected chi connectivity index (χ1v) is 8.36. The zero-order chi connectivity index (χ0) is 17.5. The number of rotatable bonds is 8. The van der Waals surface area contributed by atoms with Gasteiger partial charge in [0.1, 0.15) is 11.9 Å². The van der Waals surface area contributed by atoms with E-state index >= 15 is 0 Å². The van der Waals surface area contributed by atoms with Gasteiger partial charge in [-0.15, -0.1) is 0 Å². The Morgan fingerprint density at radius 2 is 1.87 bits per heavy atom. The Morgan fingerprint density at radius 1 is 1.26 bits per heavy atom. The standard InChI is InChI=1S/C15H22Cl3N3O2/c1-4-23-12-7-5-11(6-8-12)13(22)20-14(15(16,17)18)19-9-10-21(2)3/h5-8,14,19H,4,9-10H2,1-3H3,(H,20,22)/t14-/m1/s1. The molecule has 2 N–H and O–H groups in total.